The minimum atomic E-state index is -0.398. The molecule has 1 unspecified atom stereocenters. The third-order valence-corrected chi connectivity index (χ3v) is 11.7. The number of methoxy groups -OCH3 is 1. The zero-order chi connectivity index (χ0) is 31.9. The molecule has 0 radical (unpaired) electrons. The van der Waals surface area contributed by atoms with E-state index in [0.717, 1.165) is 81.2 Å². The van der Waals surface area contributed by atoms with Gasteiger partial charge in [-0.2, -0.15) is 5.10 Å². The van der Waals surface area contributed by atoms with E-state index in [1.165, 1.54) is 31.1 Å². The molecule has 5 fully saturated rings. The van der Waals surface area contributed by atoms with Crippen LogP contribution in [0, 0.1) is 11.3 Å². The summed E-state index contributed by atoms with van der Waals surface area (Å²) in [7, 11) is 5.45. The van der Waals surface area contributed by atoms with Crippen LogP contribution < -0.4 is 15.5 Å². The van der Waals surface area contributed by atoms with Crippen LogP contribution in [0.3, 0.4) is 0 Å². The van der Waals surface area contributed by atoms with Crippen molar-refractivity contribution in [3.8, 4) is 11.1 Å². The smallest absolute Gasteiger partial charge is 0.407 e. The third kappa shape index (κ3) is 6.00. The number of carbonyl (C=O) groups is 2. The number of amides is 2. The van der Waals surface area contributed by atoms with E-state index in [9.17, 15) is 9.59 Å². The quantitative estimate of drug-likeness (QED) is 0.275. The second kappa shape index (κ2) is 12.4. The molecular weight excluding hydrogens is 576 g/mol. The summed E-state index contributed by atoms with van der Waals surface area (Å²) in [6.45, 7) is 0. The second-order valence-electron chi connectivity index (χ2n) is 14.6. The maximum absolute atomic E-state index is 14.0. The molecule has 0 saturated heterocycles. The van der Waals surface area contributed by atoms with Gasteiger partial charge >= 0.3 is 6.09 Å². The summed E-state index contributed by atoms with van der Waals surface area (Å²) in [5.74, 6) is 1.08. The van der Waals surface area contributed by atoms with Gasteiger partial charge in [-0.15, -0.1) is 0 Å². The Kier molecular flexibility index (Phi) is 8.28. The van der Waals surface area contributed by atoms with Gasteiger partial charge in [0.1, 0.15) is 5.82 Å². The first-order valence-corrected chi connectivity index (χ1v) is 17.2. The van der Waals surface area contributed by atoms with Crippen molar-refractivity contribution in [2.45, 2.75) is 101 Å². The lowest BCUT2D eigenvalue weighted by Gasteiger charge is -2.57. The van der Waals surface area contributed by atoms with Crippen molar-refractivity contribution < 1.29 is 14.3 Å². The fourth-order valence-electron chi connectivity index (χ4n) is 8.54. The summed E-state index contributed by atoms with van der Waals surface area (Å²) in [6, 6.07) is 13.8. The van der Waals surface area contributed by atoms with Gasteiger partial charge in [0.25, 0.3) is 0 Å². The summed E-state index contributed by atoms with van der Waals surface area (Å²) in [5, 5.41) is 11.2. The molecule has 9 heteroatoms. The molecule has 2 bridgehead atoms. The molecule has 9 nitrogen and oxygen atoms in total. The number of hydrogen-bond donors (Lipinski definition) is 2. The lowest BCUT2D eigenvalue weighted by Crippen LogP contribution is -2.52. The van der Waals surface area contributed by atoms with Crippen molar-refractivity contribution in [1.29, 1.82) is 0 Å². The highest BCUT2D eigenvalue weighted by Gasteiger charge is 2.53. The highest BCUT2D eigenvalue weighted by atomic mass is 16.5. The Balaban J connectivity index is 1.13. The molecule has 1 aromatic carbocycles. The molecule has 1 atom stereocenters. The first-order chi connectivity index (χ1) is 22.3. The molecule has 46 heavy (non-hydrogen) atoms. The van der Waals surface area contributed by atoms with Crippen LogP contribution in [0.25, 0.3) is 11.1 Å². The second-order valence-corrected chi connectivity index (χ2v) is 14.6. The van der Waals surface area contributed by atoms with Crippen molar-refractivity contribution in [3.63, 3.8) is 0 Å². The van der Waals surface area contributed by atoms with Gasteiger partial charge in [-0.25, -0.2) is 9.78 Å². The standard InChI is InChI=1S/C37H48N6O3/c1-42(2)32-14-9-29(23-38-32)36-15-18-37(19-16-36,20-17-36)33(41-34(44)25-7-10-30(11-8-25)40-35(45)46-3)27-6-4-5-26(21-27)28-22-39-43(24-28)31-12-13-31/h4-6,9,14,21-25,30-31,33H,7-8,10-13,15-20H2,1-3H3,(H,40,45)(H,41,44). The maximum atomic E-state index is 14.0. The Morgan fingerprint density at radius 1 is 0.935 bits per heavy atom. The Morgan fingerprint density at radius 3 is 2.30 bits per heavy atom. The van der Waals surface area contributed by atoms with Gasteiger partial charge in [0, 0.05) is 44.0 Å². The molecule has 5 aliphatic carbocycles. The van der Waals surface area contributed by atoms with Crippen molar-refractivity contribution in [2.24, 2.45) is 11.3 Å². The van der Waals surface area contributed by atoms with Gasteiger partial charge in [-0.3, -0.25) is 9.48 Å². The van der Waals surface area contributed by atoms with E-state index < -0.39 is 6.09 Å². The number of nitrogens with one attached hydrogen (secondary N) is 2. The van der Waals surface area contributed by atoms with E-state index in [2.05, 4.69) is 74.1 Å². The maximum Gasteiger partial charge on any atom is 0.407 e. The first-order valence-electron chi connectivity index (χ1n) is 17.2. The monoisotopic (exact) mass is 624 g/mol. The largest absolute Gasteiger partial charge is 0.453 e. The number of carbonyl (C=O) groups excluding carboxylic acids is 2. The Bertz CT molecular complexity index is 1530. The molecule has 2 amide bonds. The number of fused-ring (bicyclic) bond motifs is 3. The SMILES string of the molecule is COC(=O)NC1CCC(C(=O)NC(c2cccc(-c3cnn(C4CC4)c3)c2)C23CCC(c4ccc(N(C)C)nc4)(CC2)CC3)CC1. The van der Waals surface area contributed by atoms with E-state index in [1.54, 1.807) is 0 Å². The molecule has 2 aromatic heterocycles. The molecule has 5 aliphatic rings. The number of nitrogens with zero attached hydrogens (tertiary/aromatic N) is 4. The van der Waals surface area contributed by atoms with E-state index in [1.807, 2.05) is 20.3 Å². The lowest BCUT2D eigenvalue weighted by atomic mass is 9.49. The normalized spacial score (nSPS) is 27.9. The van der Waals surface area contributed by atoms with E-state index in [4.69, 9.17) is 9.72 Å². The van der Waals surface area contributed by atoms with Gasteiger partial charge < -0.3 is 20.3 Å². The number of anilines is 1. The molecule has 2 heterocycles. The van der Waals surface area contributed by atoms with Crippen molar-refractivity contribution in [1.82, 2.24) is 25.4 Å². The van der Waals surface area contributed by atoms with Crippen LogP contribution in [0.15, 0.2) is 55.0 Å². The third-order valence-electron chi connectivity index (χ3n) is 11.7. The number of ether oxygens (including phenoxy) is 1. The number of hydrogen-bond acceptors (Lipinski definition) is 6. The number of aromatic nitrogens is 3. The van der Waals surface area contributed by atoms with Crippen LogP contribution in [-0.2, 0) is 14.9 Å². The summed E-state index contributed by atoms with van der Waals surface area (Å²) in [5.41, 5.74) is 5.01. The predicted molar refractivity (Wildman–Crippen MR) is 178 cm³/mol. The molecule has 244 valence electrons. The zero-order valence-corrected chi connectivity index (χ0v) is 27.5. The predicted octanol–water partition coefficient (Wildman–Crippen LogP) is 6.71. The summed E-state index contributed by atoms with van der Waals surface area (Å²) in [4.78, 5) is 32.6. The van der Waals surface area contributed by atoms with Crippen LogP contribution in [0.1, 0.15) is 100 Å². The van der Waals surface area contributed by atoms with Crippen molar-refractivity contribution >= 4 is 17.8 Å². The zero-order valence-electron chi connectivity index (χ0n) is 27.5. The number of pyridine rings is 1. The molecule has 2 N–H and O–H groups in total. The Hall–Kier alpha value is -3.88. The highest BCUT2D eigenvalue weighted by Crippen LogP contribution is 2.62. The Labute approximate surface area is 272 Å². The van der Waals surface area contributed by atoms with E-state index in [0.29, 0.717) is 6.04 Å². The van der Waals surface area contributed by atoms with Gasteiger partial charge in [0.15, 0.2) is 0 Å². The summed E-state index contributed by atoms with van der Waals surface area (Å²) >= 11 is 0. The summed E-state index contributed by atoms with van der Waals surface area (Å²) in [6.07, 6.45) is 17.9. The number of benzene rings is 1. The fourth-order valence-corrected chi connectivity index (χ4v) is 8.54. The van der Waals surface area contributed by atoms with Crippen LogP contribution in [0.5, 0.6) is 0 Å². The Morgan fingerprint density at radius 2 is 1.67 bits per heavy atom. The van der Waals surface area contributed by atoms with Crippen molar-refractivity contribution in [2.75, 3.05) is 26.1 Å². The summed E-state index contributed by atoms with van der Waals surface area (Å²) < 4.78 is 6.90. The molecule has 8 rings (SSSR count). The molecule has 0 spiro atoms. The topological polar surface area (TPSA) is 101 Å². The molecule has 3 aromatic rings. The van der Waals surface area contributed by atoms with Crippen LogP contribution in [0.4, 0.5) is 10.6 Å². The number of alkyl carbamates (subject to hydrolysis) is 1. The van der Waals surface area contributed by atoms with Gasteiger partial charge in [-0.05, 0) is 117 Å². The van der Waals surface area contributed by atoms with E-state index >= 15 is 0 Å². The van der Waals surface area contributed by atoms with Gasteiger partial charge in [0.2, 0.25) is 5.91 Å². The average Bonchev–Trinajstić information content (AvgIpc) is 3.83. The number of rotatable bonds is 9. The van der Waals surface area contributed by atoms with E-state index in [-0.39, 0.29) is 34.7 Å². The minimum absolute atomic E-state index is 0.00880. The van der Waals surface area contributed by atoms with Gasteiger partial charge in [0.05, 0.1) is 25.4 Å². The lowest BCUT2D eigenvalue weighted by molar-refractivity contribution is -0.129. The molecule has 5 saturated carbocycles. The molecular formula is C37H48N6O3. The minimum Gasteiger partial charge on any atom is -0.453 e. The van der Waals surface area contributed by atoms with Crippen LogP contribution >= 0.6 is 0 Å². The van der Waals surface area contributed by atoms with Crippen LogP contribution in [0.2, 0.25) is 0 Å². The molecule has 0 aliphatic heterocycles. The highest BCUT2D eigenvalue weighted by molar-refractivity contribution is 5.79. The van der Waals surface area contributed by atoms with Crippen LogP contribution in [-0.4, -0.2) is 54.0 Å². The van der Waals surface area contributed by atoms with Crippen molar-refractivity contribution in [3.05, 3.63) is 66.1 Å². The first kappa shape index (κ1) is 30.8. The van der Waals surface area contributed by atoms with Gasteiger partial charge in [-0.1, -0.05) is 24.3 Å². The average molecular weight is 625 g/mol. The fraction of sp³-hybridized carbons (Fsp3) is 0.568.